The number of benzene rings is 1. The molecule has 0 fully saturated rings. The molecular formula is C10H12N2O2. The van der Waals surface area contributed by atoms with E-state index in [2.05, 4.69) is 5.32 Å². The molecule has 0 amide bonds. The third kappa shape index (κ3) is 3.71. The van der Waals surface area contributed by atoms with Crippen molar-refractivity contribution in [1.82, 2.24) is 5.32 Å². The molecule has 0 heterocycles. The smallest absolute Gasteiger partial charge is 0.252 e. The SMILES string of the molecule is C/C(=C/[N+](=O)[O-])NCc1ccccc1. The molecule has 1 aromatic rings. The molecule has 0 saturated heterocycles. The maximum Gasteiger partial charge on any atom is 0.252 e. The predicted molar refractivity (Wildman–Crippen MR) is 54.0 cm³/mol. The second-order valence-corrected chi connectivity index (χ2v) is 2.94. The van der Waals surface area contributed by atoms with Crippen LogP contribution in [0.15, 0.2) is 42.2 Å². The van der Waals surface area contributed by atoms with Gasteiger partial charge in [-0.2, -0.15) is 0 Å². The standard InChI is InChI=1S/C10H12N2O2/c1-9(8-12(13)14)11-7-10-5-3-2-4-6-10/h2-6,8,11H,7H2,1H3/b9-8-. The van der Waals surface area contributed by atoms with Gasteiger partial charge in [0.05, 0.1) is 10.6 Å². The Bertz CT molecular complexity index is 333. The van der Waals surface area contributed by atoms with Crippen LogP contribution in [0.5, 0.6) is 0 Å². The van der Waals surface area contributed by atoms with Crippen LogP contribution in [0, 0.1) is 10.1 Å². The predicted octanol–water partition coefficient (Wildman–Crippen LogP) is 1.91. The second kappa shape index (κ2) is 5.01. The highest BCUT2D eigenvalue weighted by molar-refractivity contribution is 5.15. The molecule has 1 N–H and O–H groups in total. The molecule has 1 rings (SSSR count). The summed E-state index contributed by atoms with van der Waals surface area (Å²) in [4.78, 5) is 9.65. The molecule has 0 unspecified atom stereocenters. The van der Waals surface area contributed by atoms with E-state index in [1.165, 1.54) is 0 Å². The highest BCUT2D eigenvalue weighted by Gasteiger charge is 1.95. The van der Waals surface area contributed by atoms with Crippen molar-refractivity contribution >= 4 is 0 Å². The van der Waals surface area contributed by atoms with Crippen LogP contribution in [0.3, 0.4) is 0 Å². The lowest BCUT2D eigenvalue weighted by Gasteiger charge is -2.03. The molecule has 0 bridgehead atoms. The van der Waals surface area contributed by atoms with E-state index in [-0.39, 0.29) is 0 Å². The van der Waals surface area contributed by atoms with Gasteiger partial charge < -0.3 is 5.32 Å². The van der Waals surface area contributed by atoms with Crippen LogP contribution >= 0.6 is 0 Å². The Morgan fingerprint density at radius 1 is 1.50 bits per heavy atom. The minimum atomic E-state index is -0.465. The van der Waals surface area contributed by atoms with Gasteiger partial charge in [-0.15, -0.1) is 0 Å². The van der Waals surface area contributed by atoms with Crippen molar-refractivity contribution in [1.29, 1.82) is 0 Å². The minimum Gasteiger partial charge on any atom is -0.380 e. The van der Waals surface area contributed by atoms with Gasteiger partial charge in [0.2, 0.25) is 0 Å². The first kappa shape index (κ1) is 10.2. The van der Waals surface area contributed by atoms with Crippen molar-refractivity contribution < 1.29 is 4.92 Å². The zero-order valence-electron chi connectivity index (χ0n) is 7.93. The van der Waals surface area contributed by atoms with Gasteiger partial charge in [-0.1, -0.05) is 30.3 Å². The lowest BCUT2D eigenvalue weighted by molar-refractivity contribution is -0.403. The summed E-state index contributed by atoms with van der Waals surface area (Å²) < 4.78 is 0. The van der Waals surface area contributed by atoms with Crippen molar-refractivity contribution in [2.75, 3.05) is 0 Å². The number of hydrogen-bond donors (Lipinski definition) is 1. The van der Waals surface area contributed by atoms with E-state index in [4.69, 9.17) is 0 Å². The van der Waals surface area contributed by atoms with Gasteiger partial charge in [-0.05, 0) is 12.5 Å². The van der Waals surface area contributed by atoms with Crippen LogP contribution < -0.4 is 5.32 Å². The van der Waals surface area contributed by atoms with Crippen LogP contribution in [0.2, 0.25) is 0 Å². The third-order valence-electron chi connectivity index (χ3n) is 1.71. The molecule has 1 aromatic carbocycles. The maximum absolute atomic E-state index is 10.1. The Morgan fingerprint density at radius 2 is 2.14 bits per heavy atom. The fraction of sp³-hybridized carbons (Fsp3) is 0.200. The van der Waals surface area contributed by atoms with Crippen molar-refractivity contribution in [2.45, 2.75) is 13.5 Å². The molecule has 4 heteroatoms. The molecule has 0 atom stereocenters. The van der Waals surface area contributed by atoms with Crippen LogP contribution in [-0.4, -0.2) is 4.92 Å². The molecule has 0 saturated carbocycles. The van der Waals surface area contributed by atoms with Gasteiger partial charge >= 0.3 is 0 Å². The summed E-state index contributed by atoms with van der Waals surface area (Å²) in [5.41, 5.74) is 1.66. The average molecular weight is 192 g/mol. The molecule has 4 nitrogen and oxygen atoms in total. The summed E-state index contributed by atoms with van der Waals surface area (Å²) in [7, 11) is 0. The van der Waals surface area contributed by atoms with Gasteiger partial charge in [0, 0.05) is 6.54 Å². The molecule has 14 heavy (non-hydrogen) atoms. The monoisotopic (exact) mass is 192 g/mol. The third-order valence-corrected chi connectivity index (χ3v) is 1.71. The summed E-state index contributed by atoms with van der Waals surface area (Å²) >= 11 is 0. The first-order chi connectivity index (χ1) is 6.68. The van der Waals surface area contributed by atoms with Crippen molar-refractivity contribution in [2.24, 2.45) is 0 Å². The Labute approximate surface area is 82.4 Å². The summed E-state index contributed by atoms with van der Waals surface area (Å²) in [6.07, 6.45) is 0.961. The van der Waals surface area contributed by atoms with Gasteiger partial charge in [0.15, 0.2) is 0 Å². The van der Waals surface area contributed by atoms with Gasteiger partial charge in [-0.3, -0.25) is 10.1 Å². The zero-order chi connectivity index (χ0) is 10.4. The van der Waals surface area contributed by atoms with Crippen molar-refractivity contribution in [3.05, 3.63) is 57.9 Å². The lowest BCUT2D eigenvalue weighted by Crippen LogP contribution is -2.11. The number of nitro groups is 1. The Morgan fingerprint density at radius 3 is 2.71 bits per heavy atom. The van der Waals surface area contributed by atoms with Crippen LogP contribution in [0.1, 0.15) is 12.5 Å². The molecule has 74 valence electrons. The first-order valence-corrected chi connectivity index (χ1v) is 4.28. The van der Waals surface area contributed by atoms with E-state index in [0.717, 1.165) is 11.8 Å². The number of allylic oxidation sites excluding steroid dienone is 1. The molecule has 0 aliphatic rings. The van der Waals surface area contributed by atoms with Crippen LogP contribution in [-0.2, 0) is 6.54 Å². The van der Waals surface area contributed by atoms with E-state index in [1.54, 1.807) is 6.92 Å². The number of nitrogens with zero attached hydrogens (tertiary/aromatic N) is 1. The van der Waals surface area contributed by atoms with Crippen LogP contribution in [0.4, 0.5) is 0 Å². The normalized spacial score (nSPS) is 11.1. The fourth-order valence-electron chi connectivity index (χ4n) is 1.04. The van der Waals surface area contributed by atoms with E-state index in [9.17, 15) is 10.1 Å². The summed E-state index contributed by atoms with van der Waals surface area (Å²) in [6.45, 7) is 2.28. The molecule has 0 aromatic heterocycles. The second-order valence-electron chi connectivity index (χ2n) is 2.94. The molecular weight excluding hydrogens is 180 g/mol. The maximum atomic E-state index is 10.1. The highest BCUT2D eigenvalue weighted by Crippen LogP contribution is 1.98. The van der Waals surface area contributed by atoms with Crippen molar-refractivity contribution in [3.63, 3.8) is 0 Å². The first-order valence-electron chi connectivity index (χ1n) is 4.28. The summed E-state index contributed by atoms with van der Waals surface area (Å²) in [5.74, 6) is 0. The number of rotatable bonds is 4. The average Bonchev–Trinajstić information content (AvgIpc) is 2.15. The van der Waals surface area contributed by atoms with Gasteiger partial charge in [0.1, 0.15) is 0 Å². The van der Waals surface area contributed by atoms with Gasteiger partial charge in [-0.25, -0.2) is 0 Å². The van der Waals surface area contributed by atoms with E-state index in [1.807, 2.05) is 30.3 Å². The molecule has 0 radical (unpaired) electrons. The quantitative estimate of drug-likeness (QED) is 0.585. The fourth-order valence-corrected chi connectivity index (χ4v) is 1.04. The molecule has 0 aliphatic heterocycles. The van der Waals surface area contributed by atoms with Gasteiger partial charge in [0.25, 0.3) is 6.20 Å². The largest absolute Gasteiger partial charge is 0.380 e. The Kier molecular flexibility index (Phi) is 3.67. The number of nitrogens with one attached hydrogen (secondary N) is 1. The van der Waals surface area contributed by atoms with E-state index >= 15 is 0 Å². The van der Waals surface area contributed by atoms with Crippen molar-refractivity contribution in [3.8, 4) is 0 Å². The summed E-state index contributed by atoms with van der Waals surface area (Å²) in [6, 6.07) is 9.73. The summed E-state index contributed by atoms with van der Waals surface area (Å²) in [5, 5.41) is 13.1. The zero-order valence-corrected chi connectivity index (χ0v) is 7.93. The van der Waals surface area contributed by atoms with E-state index < -0.39 is 4.92 Å². The Hall–Kier alpha value is -1.84. The van der Waals surface area contributed by atoms with E-state index in [0.29, 0.717) is 12.2 Å². The van der Waals surface area contributed by atoms with Crippen LogP contribution in [0.25, 0.3) is 0 Å². The highest BCUT2D eigenvalue weighted by atomic mass is 16.6. The topological polar surface area (TPSA) is 55.2 Å². The molecule has 0 aliphatic carbocycles. The Balaban J connectivity index is 2.45. The lowest BCUT2D eigenvalue weighted by atomic mass is 10.2. The minimum absolute atomic E-state index is 0.465. The number of hydrogen-bond acceptors (Lipinski definition) is 3. The molecule has 0 spiro atoms.